The van der Waals surface area contributed by atoms with Gasteiger partial charge in [-0.25, -0.2) is 5.43 Å². The van der Waals surface area contributed by atoms with Gasteiger partial charge in [-0.15, -0.1) is 0 Å². The Morgan fingerprint density at radius 1 is 1.58 bits per heavy atom. The maximum atomic E-state index is 11.5. The Balaban J connectivity index is 1.93. The molecular weight excluding hydrogens is 152 g/mol. The van der Waals surface area contributed by atoms with Gasteiger partial charge in [-0.1, -0.05) is 6.92 Å². The minimum absolute atomic E-state index is 0.282. The van der Waals surface area contributed by atoms with Gasteiger partial charge in [0.25, 0.3) is 0 Å². The second-order valence-corrected chi connectivity index (χ2v) is 3.81. The van der Waals surface area contributed by atoms with Crippen LogP contribution in [0.2, 0.25) is 0 Å². The third-order valence-electron chi connectivity index (χ3n) is 2.82. The largest absolute Gasteiger partial charge is 0.275 e. The lowest BCUT2D eigenvalue weighted by Crippen LogP contribution is -2.46. The van der Waals surface area contributed by atoms with E-state index in [0.29, 0.717) is 18.5 Å². The topological polar surface area (TPSA) is 32.3 Å². The summed E-state index contributed by atoms with van der Waals surface area (Å²) in [6, 6.07) is 1.10. The fraction of sp³-hybridized carbons (Fsp3) is 0.889. The average molecular weight is 168 g/mol. The van der Waals surface area contributed by atoms with E-state index in [1.807, 2.05) is 11.9 Å². The van der Waals surface area contributed by atoms with E-state index in [9.17, 15) is 4.79 Å². The van der Waals surface area contributed by atoms with Gasteiger partial charge in [-0.05, 0) is 25.7 Å². The molecule has 1 amide bonds. The molecule has 3 nitrogen and oxygen atoms in total. The molecule has 2 bridgehead atoms. The summed E-state index contributed by atoms with van der Waals surface area (Å²) in [4.78, 5) is 11.5. The molecule has 2 rings (SSSR count). The van der Waals surface area contributed by atoms with Crippen molar-refractivity contribution in [3.8, 4) is 0 Å². The van der Waals surface area contributed by atoms with Crippen molar-refractivity contribution in [1.82, 2.24) is 10.4 Å². The predicted octanol–water partition coefficient (Wildman–Crippen LogP) is 1.05. The quantitative estimate of drug-likeness (QED) is 0.668. The lowest BCUT2D eigenvalue weighted by atomic mass is 10.2. The molecule has 2 fully saturated rings. The normalized spacial score (nSPS) is 32.9. The van der Waals surface area contributed by atoms with E-state index >= 15 is 0 Å². The highest BCUT2D eigenvalue weighted by atomic mass is 16.2. The first-order valence-corrected chi connectivity index (χ1v) is 4.89. The van der Waals surface area contributed by atoms with E-state index in [1.165, 1.54) is 19.3 Å². The number of hydrogen-bond acceptors (Lipinski definition) is 2. The second-order valence-electron chi connectivity index (χ2n) is 3.81. The molecule has 1 saturated carbocycles. The fourth-order valence-electron chi connectivity index (χ4n) is 2.22. The standard InChI is InChI=1S/C9H16N2O/c1-2-3-9(12)11-8-5-4-7(6-8)10-11/h7-8,10H,2-6H2,1H3. The molecule has 1 aliphatic carbocycles. The van der Waals surface area contributed by atoms with Crippen LogP contribution in [0, 0.1) is 0 Å². The number of rotatable bonds is 2. The Hall–Kier alpha value is -0.570. The van der Waals surface area contributed by atoms with Gasteiger partial charge in [0.2, 0.25) is 5.91 Å². The monoisotopic (exact) mass is 168 g/mol. The second kappa shape index (κ2) is 3.05. The molecule has 0 aromatic heterocycles. The lowest BCUT2D eigenvalue weighted by Gasteiger charge is -2.27. The molecule has 0 aromatic carbocycles. The first kappa shape index (κ1) is 8.05. The minimum Gasteiger partial charge on any atom is -0.275 e. The number of nitrogens with one attached hydrogen (secondary N) is 1. The van der Waals surface area contributed by atoms with Gasteiger partial charge in [0.15, 0.2) is 0 Å². The number of carbonyl (C=O) groups excluding carboxylic acids is 1. The molecule has 1 aliphatic heterocycles. The Morgan fingerprint density at radius 2 is 2.42 bits per heavy atom. The van der Waals surface area contributed by atoms with Crippen LogP contribution in [-0.2, 0) is 4.79 Å². The average Bonchev–Trinajstić information content (AvgIpc) is 2.64. The maximum absolute atomic E-state index is 11.5. The highest BCUT2D eigenvalue weighted by Gasteiger charge is 2.39. The summed E-state index contributed by atoms with van der Waals surface area (Å²) in [7, 11) is 0. The highest BCUT2D eigenvalue weighted by molar-refractivity contribution is 5.76. The van der Waals surface area contributed by atoms with Crippen molar-refractivity contribution < 1.29 is 4.79 Å². The molecule has 0 aromatic rings. The summed E-state index contributed by atoms with van der Waals surface area (Å²) in [5.41, 5.74) is 3.26. The third kappa shape index (κ3) is 1.22. The van der Waals surface area contributed by atoms with Gasteiger partial charge in [-0.2, -0.15) is 0 Å². The van der Waals surface area contributed by atoms with Gasteiger partial charge in [0.05, 0.1) is 0 Å². The van der Waals surface area contributed by atoms with Gasteiger partial charge >= 0.3 is 0 Å². The van der Waals surface area contributed by atoms with E-state index in [4.69, 9.17) is 0 Å². The summed E-state index contributed by atoms with van der Waals surface area (Å²) in [5, 5.41) is 1.87. The van der Waals surface area contributed by atoms with Gasteiger partial charge < -0.3 is 0 Å². The zero-order valence-electron chi connectivity index (χ0n) is 7.55. The SMILES string of the molecule is CCCC(=O)N1NC2CCC1C2. The maximum Gasteiger partial charge on any atom is 0.236 e. The Bertz CT molecular complexity index is 193. The molecule has 68 valence electrons. The van der Waals surface area contributed by atoms with Crippen molar-refractivity contribution in [3.05, 3.63) is 0 Å². The Kier molecular flexibility index (Phi) is 2.05. The molecule has 12 heavy (non-hydrogen) atoms. The zero-order valence-corrected chi connectivity index (χ0v) is 7.55. The van der Waals surface area contributed by atoms with Gasteiger partial charge in [0.1, 0.15) is 0 Å². The summed E-state index contributed by atoms with van der Waals surface area (Å²) >= 11 is 0. The van der Waals surface area contributed by atoms with Crippen molar-refractivity contribution in [2.24, 2.45) is 0 Å². The number of hydrogen-bond donors (Lipinski definition) is 1. The molecular formula is C9H16N2O. The van der Waals surface area contributed by atoms with Crippen molar-refractivity contribution in [2.75, 3.05) is 0 Å². The number of carbonyl (C=O) groups is 1. The predicted molar refractivity (Wildman–Crippen MR) is 46.3 cm³/mol. The van der Waals surface area contributed by atoms with Crippen LogP contribution in [0.1, 0.15) is 39.0 Å². The van der Waals surface area contributed by atoms with Crippen LogP contribution in [0.15, 0.2) is 0 Å². The van der Waals surface area contributed by atoms with Gasteiger partial charge in [0, 0.05) is 18.5 Å². The Labute approximate surface area is 73.1 Å². The molecule has 2 aliphatic rings. The summed E-state index contributed by atoms with van der Waals surface area (Å²) in [6.45, 7) is 2.05. The molecule has 2 unspecified atom stereocenters. The van der Waals surface area contributed by atoms with E-state index < -0.39 is 0 Å². The zero-order chi connectivity index (χ0) is 8.55. The van der Waals surface area contributed by atoms with Crippen LogP contribution in [0.25, 0.3) is 0 Å². The van der Waals surface area contributed by atoms with E-state index in [1.54, 1.807) is 0 Å². The van der Waals surface area contributed by atoms with Crippen LogP contribution in [0.4, 0.5) is 0 Å². The van der Waals surface area contributed by atoms with Gasteiger partial charge in [-0.3, -0.25) is 9.80 Å². The number of amides is 1. The molecule has 2 atom stereocenters. The highest BCUT2D eigenvalue weighted by Crippen LogP contribution is 2.30. The van der Waals surface area contributed by atoms with Crippen LogP contribution in [0.3, 0.4) is 0 Å². The van der Waals surface area contributed by atoms with Crippen molar-refractivity contribution in [1.29, 1.82) is 0 Å². The summed E-state index contributed by atoms with van der Waals surface area (Å²) < 4.78 is 0. The molecule has 1 N–H and O–H groups in total. The van der Waals surface area contributed by atoms with E-state index in [0.717, 1.165) is 6.42 Å². The first-order chi connectivity index (χ1) is 5.81. The molecule has 3 heteroatoms. The van der Waals surface area contributed by atoms with Crippen LogP contribution >= 0.6 is 0 Å². The Morgan fingerprint density at radius 3 is 2.92 bits per heavy atom. The third-order valence-corrected chi connectivity index (χ3v) is 2.82. The smallest absolute Gasteiger partial charge is 0.236 e. The molecule has 1 saturated heterocycles. The number of hydrazine groups is 1. The number of fused-ring (bicyclic) bond motifs is 2. The van der Waals surface area contributed by atoms with Crippen molar-refractivity contribution in [2.45, 2.75) is 51.1 Å². The van der Waals surface area contributed by atoms with Crippen molar-refractivity contribution in [3.63, 3.8) is 0 Å². The fourth-order valence-corrected chi connectivity index (χ4v) is 2.22. The molecule has 1 heterocycles. The van der Waals surface area contributed by atoms with E-state index in [-0.39, 0.29) is 5.91 Å². The van der Waals surface area contributed by atoms with Crippen LogP contribution in [0.5, 0.6) is 0 Å². The number of nitrogens with zero attached hydrogens (tertiary/aromatic N) is 1. The van der Waals surface area contributed by atoms with Crippen molar-refractivity contribution >= 4 is 5.91 Å². The minimum atomic E-state index is 0.282. The lowest BCUT2D eigenvalue weighted by molar-refractivity contribution is -0.136. The molecule has 0 spiro atoms. The van der Waals surface area contributed by atoms with E-state index in [2.05, 4.69) is 5.43 Å². The molecule has 0 radical (unpaired) electrons. The van der Waals surface area contributed by atoms with Crippen LogP contribution < -0.4 is 5.43 Å². The first-order valence-electron chi connectivity index (χ1n) is 4.89. The summed E-state index contributed by atoms with van der Waals surface area (Å²) in [6.07, 6.45) is 5.27. The summed E-state index contributed by atoms with van der Waals surface area (Å²) in [5.74, 6) is 0.282. The van der Waals surface area contributed by atoms with Crippen LogP contribution in [-0.4, -0.2) is 23.0 Å².